The Balaban J connectivity index is 1.72. The van der Waals surface area contributed by atoms with Crippen molar-refractivity contribution in [1.82, 2.24) is 9.97 Å². The number of thiophene rings is 1. The Hall–Kier alpha value is -2.02. The van der Waals surface area contributed by atoms with Crippen molar-refractivity contribution >= 4 is 27.4 Å². The second kappa shape index (κ2) is 8.33. The average Bonchev–Trinajstić information content (AvgIpc) is 3.12. The summed E-state index contributed by atoms with van der Waals surface area (Å²) >= 11 is 1.71. The summed E-state index contributed by atoms with van der Waals surface area (Å²) in [6.07, 6.45) is 0. The smallest absolute Gasteiger partial charge is 0.187 e. The van der Waals surface area contributed by atoms with Gasteiger partial charge in [-0.15, -0.1) is 11.3 Å². The van der Waals surface area contributed by atoms with Crippen LogP contribution in [0.4, 0.5) is 5.82 Å². The lowest BCUT2D eigenvalue weighted by Crippen LogP contribution is -3.12. The molecule has 1 aliphatic rings. The molecule has 2 aromatic heterocycles. The molecule has 4 rings (SSSR count). The van der Waals surface area contributed by atoms with Crippen LogP contribution in [-0.2, 0) is 11.3 Å². The summed E-state index contributed by atoms with van der Waals surface area (Å²) in [6.45, 7) is 9.90. The van der Waals surface area contributed by atoms with Gasteiger partial charge in [0.25, 0.3) is 0 Å². The Kier molecular flexibility index (Phi) is 5.66. The van der Waals surface area contributed by atoms with E-state index in [-0.39, 0.29) is 0 Å². The van der Waals surface area contributed by atoms with E-state index in [0.29, 0.717) is 5.92 Å². The molecule has 1 aromatic carbocycles. The van der Waals surface area contributed by atoms with Gasteiger partial charge in [-0.1, -0.05) is 44.2 Å². The first-order valence-corrected chi connectivity index (χ1v) is 10.6. The minimum absolute atomic E-state index is 0.558. The second-order valence-corrected chi connectivity index (χ2v) is 8.36. The van der Waals surface area contributed by atoms with E-state index < -0.39 is 0 Å². The Morgan fingerprint density at radius 2 is 1.93 bits per heavy atom. The van der Waals surface area contributed by atoms with E-state index >= 15 is 0 Å². The van der Waals surface area contributed by atoms with Crippen LogP contribution in [-0.4, -0.2) is 42.8 Å². The molecule has 0 radical (unpaired) electrons. The second-order valence-electron chi connectivity index (χ2n) is 7.50. The van der Waals surface area contributed by atoms with Gasteiger partial charge >= 0.3 is 0 Å². The lowest BCUT2D eigenvalue weighted by molar-refractivity contribution is -0.922. The molecular formula is C21H27N4OS+. The van der Waals surface area contributed by atoms with Crippen LogP contribution in [0.3, 0.4) is 0 Å². The van der Waals surface area contributed by atoms with Gasteiger partial charge in [-0.05, 0) is 11.5 Å². The number of morpholine rings is 1. The lowest BCUT2D eigenvalue weighted by atomic mass is 10.1. The molecule has 0 aliphatic carbocycles. The van der Waals surface area contributed by atoms with Crippen molar-refractivity contribution in [1.29, 1.82) is 0 Å². The summed E-state index contributed by atoms with van der Waals surface area (Å²) in [6, 6.07) is 10.5. The van der Waals surface area contributed by atoms with E-state index in [9.17, 15) is 0 Å². The molecule has 3 aromatic rings. The molecule has 0 atom stereocenters. The zero-order valence-corrected chi connectivity index (χ0v) is 16.8. The number of quaternary nitrogens is 1. The van der Waals surface area contributed by atoms with Crippen LogP contribution >= 0.6 is 11.3 Å². The molecule has 0 amide bonds. The Bertz CT molecular complexity index is 888. The van der Waals surface area contributed by atoms with Gasteiger partial charge < -0.3 is 15.0 Å². The zero-order valence-electron chi connectivity index (χ0n) is 16.0. The largest absolute Gasteiger partial charge is 0.370 e. The van der Waals surface area contributed by atoms with Gasteiger partial charge in [-0.25, -0.2) is 9.97 Å². The van der Waals surface area contributed by atoms with Crippen LogP contribution in [0, 0.1) is 5.92 Å². The molecule has 0 spiro atoms. The molecule has 0 bridgehead atoms. The minimum Gasteiger partial charge on any atom is -0.370 e. The first-order chi connectivity index (χ1) is 13.2. The van der Waals surface area contributed by atoms with E-state index in [4.69, 9.17) is 14.7 Å². The van der Waals surface area contributed by atoms with Crippen molar-refractivity contribution < 1.29 is 9.64 Å². The number of ether oxygens (including phenoxy) is 1. The highest BCUT2D eigenvalue weighted by molar-refractivity contribution is 7.17. The number of aromatic nitrogens is 2. The minimum atomic E-state index is 0.558. The quantitative estimate of drug-likeness (QED) is 0.687. The number of fused-ring (bicyclic) bond motifs is 1. The Morgan fingerprint density at radius 3 is 2.67 bits per heavy atom. The van der Waals surface area contributed by atoms with Crippen LogP contribution in [0.25, 0.3) is 21.3 Å². The first kappa shape index (κ1) is 18.3. The third kappa shape index (κ3) is 4.29. The highest BCUT2D eigenvalue weighted by atomic mass is 32.1. The monoisotopic (exact) mass is 383 g/mol. The maximum Gasteiger partial charge on any atom is 0.187 e. The number of rotatable bonds is 6. The molecule has 1 aliphatic heterocycles. The fourth-order valence-electron chi connectivity index (χ4n) is 3.38. The number of hydrogen-bond donors (Lipinski definition) is 2. The van der Waals surface area contributed by atoms with Crippen LogP contribution < -0.4 is 10.2 Å². The van der Waals surface area contributed by atoms with Gasteiger partial charge in [0.2, 0.25) is 0 Å². The van der Waals surface area contributed by atoms with E-state index in [1.54, 1.807) is 11.3 Å². The SMILES string of the molecule is CC(C)CNc1nc(C[NH+]2CCOCC2)nc2scc(-c3ccccc3)c12. The molecule has 1 saturated heterocycles. The third-order valence-electron chi connectivity index (χ3n) is 4.85. The van der Waals surface area contributed by atoms with Crippen LogP contribution in [0.1, 0.15) is 19.7 Å². The molecule has 2 N–H and O–H groups in total. The summed E-state index contributed by atoms with van der Waals surface area (Å²) in [7, 11) is 0. The zero-order chi connectivity index (χ0) is 18.6. The van der Waals surface area contributed by atoms with Gasteiger partial charge in [0.15, 0.2) is 5.82 Å². The standard InChI is InChI=1S/C21H26N4OS/c1-15(2)12-22-20-19-17(16-6-4-3-5-7-16)14-27-21(19)24-18(23-20)13-25-8-10-26-11-9-25/h3-7,14-15H,8-13H2,1-2H3,(H,22,23,24)/p+1. The maximum absolute atomic E-state index is 5.48. The number of nitrogens with zero attached hydrogens (tertiary/aromatic N) is 2. The summed E-state index contributed by atoms with van der Waals surface area (Å²) in [5, 5.41) is 6.94. The van der Waals surface area contributed by atoms with Crippen molar-refractivity contribution in [3.63, 3.8) is 0 Å². The predicted octanol–water partition coefficient (Wildman–Crippen LogP) is 2.84. The molecular weight excluding hydrogens is 356 g/mol. The summed E-state index contributed by atoms with van der Waals surface area (Å²) in [4.78, 5) is 12.4. The molecule has 0 unspecified atom stereocenters. The van der Waals surface area contributed by atoms with Gasteiger partial charge in [-0.3, -0.25) is 0 Å². The van der Waals surface area contributed by atoms with E-state index in [1.807, 2.05) is 0 Å². The highest BCUT2D eigenvalue weighted by Crippen LogP contribution is 2.36. The number of anilines is 1. The van der Waals surface area contributed by atoms with E-state index in [2.05, 4.69) is 54.9 Å². The summed E-state index contributed by atoms with van der Waals surface area (Å²) < 4.78 is 5.48. The third-order valence-corrected chi connectivity index (χ3v) is 5.72. The van der Waals surface area contributed by atoms with Crippen molar-refractivity contribution in [2.75, 3.05) is 38.2 Å². The van der Waals surface area contributed by atoms with Gasteiger partial charge in [0.05, 0.1) is 18.6 Å². The van der Waals surface area contributed by atoms with E-state index in [0.717, 1.165) is 61.3 Å². The van der Waals surface area contributed by atoms with Crippen molar-refractivity contribution in [3.8, 4) is 11.1 Å². The lowest BCUT2D eigenvalue weighted by Gasteiger charge is -2.23. The summed E-state index contributed by atoms with van der Waals surface area (Å²) in [5.74, 6) is 2.45. The van der Waals surface area contributed by atoms with Crippen LogP contribution in [0.5, 0.6) is 0 Å². The molecule has 3 heterocycles. The summed E-state index contributed by atoms with van der Waals surface area (Å²) in [5.41, 5.74) is 2.43. The molecule has 5 nitrogen and oxygen atoms in total. The van der Waals surface area contributed by atoms with Gasteiger partial charge in [-0.2, -0.15) is 0 Å². The van der Waals surface area contributed by atoms with Crippen molar-refractivity contribution in [2.24, 2.45) is 5.92 Å². The normalized spacial score (nSPS) is 15.5. The fraction of sp³-hybridized carbons (Fsp3) is 0.429. The predicted molar refractivity (Wildman–Crippen MR) is 111 cm³/mol. The molecule has 1 fully saturated rings. The molecule has 6 heteroatoms. The maximum atomic E-state index is 5.48. The van der Waals surface area contributed by atoms with Gasteiger partial charge in [0.1, 0.15) is 30.3 Å². The fourth-order valence-corrected chi connectivity index (χ4v) is 4.35. The average molecular weight is 384 g/mol. The highest BCUT2D eigenvalue weighted by Gasteiger charge is 2.20. The molecule has 0 saturated carbocycles. The van der Waals surface area contributed by atoms with Crippen LogP contribution in [0.15, 0.2) is 35.7 Å². The molecule has 27 heavy (non-hydrogen) atoms. The first-order valence-electron chi connectivity index (χ1n) is 9.69. The number of nitrogens with one attached hydrogen (secondary N) is 2. The topological polar surface area (TPSA) is 51.5 Å². The van der Waals surface area contributed by atoms with Crippen LogP contribution in [0.2, 0.25) is 0 Å². The van der Waals surface area contributed by atoms with Crippen molar-refractivity contribution in [3.05, 3.63) is 41.5 Å². The van der Waals surface area contributed by atoms with Crippen molar-refractivity contribution in [2.45, 2.75) is 20.4 Å². The number of benzene rings is 1. The number of hydrogen-bond acceptors (Lipinski definition) is 5. The Morgan fingerprint density at radius 1 is 1.15 bits per heavy atom. The van der Waals surface area contributed by atoms with Gasteiger partial charge in [0, 0.05) is 17.5 Å². The Labute approximate surface area is 164 Å². The van der Waals surface area contributed by atoms with E-state index in [1.165, 1.54) is 16.0 Å². The molecule has 142 valence electrons.